The third kappa shape index (κ3) is 6.60. The molecular formula is C27H31Cl2F4N7O3. The zero-order valence-electron chi connectivity index (χ0n) is 23.7. The van der Waals surface area contributed by atoms with Crippen LogP contribution in [0.15, 0.2) is 21.8 Å². The van der Waals surface area contributed by atoms with Crippen molar-refractivity contribution in [1.29, 1.82) is 0 Å². The standard InChI is InChI=1S/C27H31Cl2F4N7O3/c1-4-39(5-2)25(41)23(35)21(29)17-11-40(8-6-7-36-17)24-13-12-43-18(10-16(13)37-26(38-24)42-3)19-20(27(31,32)33)14(28)9-15(34)22(19)30/h9,18H,4-8,10-12,34-35H2,1-3H3/b23-21+. The summed E-state index contributed by atoms with van der Waals surface area (Å²) in [5.74, 6) is -1.31. The molecule has 1 aromatic carbocycles. The fourth-order valence-electron chi connectivity index (χ4n) is 5.06. The Morgan fingerprint density at radius 2 is 1.98 bits per heavy atom. The summed E-state index contributed by atoms with van der Waals surface area (Å²) in [6.45, 7) is 5.25. The van der Waals surface area contributed by atoms with Gasteiger partial charge in [0.2, 0.25) is 0 Å². The van der Waals surface area contributed by atoms with E-state index in [2.05, 4.69) is 15.0 Å². The number of likely N-dealkylation sites (N-methyl/N-ethyl adjacent to an activating group) is 1. The number of aliphatic imine (C=N–C) groups is 1. The number of nitrogens with two attached hydrogens (primary N) is 2. The predicted octanol–water partition coefficient (Wildman–Crippen LogP) is 4.62. The van der Waals surface area contributed by atoms with E-state index in [-0.39, 0.29) is 36.3 Å². The van der Waals surface area contributed by atoms with Crippen LogP contribution < -0.4 is 21.1 Å². The number of aromatic nitrogens is 2. The van der Waals surface area contributed by atoms with Crippen molar-refractivity contribution in [1.82, 2.24) is 14.9 Å². The molecule has 1 amide bonds. The van der Waals surface area contributed by atoms with Gasteiger partial charge in [0.1, 0.15) is 11.5 Å². The number of benzene rings is 1. The van der Waals surface area contributed by atoms with Crippen LogP contribution in [0.2, 0.25) is 5.02 Å². The van der Waals surface area contributed by atoms with Crippen molar-refractivity contribution in [2.24, 2.45) is 10.7 Å². The Bertz CT molecular complexity index is 1470. The van der Waals surface area contributed by atoms with Gasteiger partial charge in [-0.3, -0.25) is 9.79 Å². The molecule has 10 nitrogen and oxygen atoms in total. The second kappa shape index (κ2) is 13.1. The van der Waals surface area contributed by atoms with Gasteiger partial charge in [-0.2, -0.15) is 23.1 Å². The average Bonchev–Trinajstić information content (AvgIpc) is 3.23. The smallest absolute Gasteiger partial charge is 0.418 e. The molecule has 2 aliphatic heterocycles. The molecule has 0 spiro atoms. The summed E-state index contributed by atoms with van der Waals surface area (Å²) >= 11 is 12.5. The molecule has 0 aliphatic carbocycles. The number of anilines is 2. The van der Waals surface area contributed by atoms with Crippen LogP contribution in [0.25, 0.3) is 0 Å². The summed E-state index contributed by atoms with van der Waals surface area (Å²) in [5.41, 5.74) is 10.1. The van der Waals surface area contributed by atoms with E-state index < -0.39 is 45.8 Å². The predicted molar refractivity (Wildman–Crippen MR) is 155 cm³/mol. The number of rotatable bonds is 7. The zero-order chi connectivity index (χ0) is 31.6. The first-order chi connectivity index (χ1) is 20.3. The van der Waals surface area contributed by atoms with Gasteiger partial charge in [0.05, 0.1) is 59.1 Å². The largest absolute Gasteiger partial charge is 0.467 e. The van der Waals surface area contributed by atoms with Gasteiger partial charge in [0, 0.05) is 43.7 Å². The van der Waals surface area contributed by atoms with Crippen LogP contribution >= 0.6 is 23.2 Å². The maximum absolute atomic E-state index is 15.1. The molecule has 0 bridgehead atoms. The number of nitrogens with zero attached hydrogens (tertiary/aromatic N) is 5. The lowest BCUT2D eigenvalue weighted by atomic mass is 9.93. The van der Waals surface area contributed by atoms with E-state index in [1.165, 1.54) is 12.0 Å². The monoisotopic (exact) mass is 647 g/mol. The highest BCUT2D eigenvalue weighted by molar-refractivity contribution is 6.45. The highest BCUT2D eigenvalue weighted by Crippen LogP contribution is 2.46. The molecule has 2 aliphatic rings. The number of nitrogen functional groups attached to an aromatic ring is 1. The highest BCUT2D eigenvalue weighted by atomic mass is 35.5. The Labute approximate surface area is 255 Å². The van der Waals surface area contributed by atoms with Gasteiger partial charge in [-0.25, -0.2) is 4.39 Å². The summed E-state index contributed by atoms with van der Waals surface area (Å²) in [7, 11) is 1.34. The van der Waals surface area contributed by atoms with E-state index in [0.717, 1.165) is 6.07 Å². The minimum atomic E-state index is -4.97. The van der Waals surface area contributed by atoms with E-state index in [1.807, 2.05) is 18.7 Å². The lowest BCUT2D eigenvalue weighted by Crippen LogP contribution is -2.37. The molecule has 0 radical (unpaired) electrons. The molecule has 1 atom stereocenters. The number of alkyl halides is 3. The van der Waals surface area contributed by atoms with Crippen molar-refractivity contribution in [2.75, 3.05) is 50.5 Å². The van der Waals surface area contributed by atoms with Crippen LogP contribution in [0.3, 0.4) is 0 Å². The van der Waals surface area contributed by atoms with E-state index in [0.29, 0.717) is 55.4 Å². The molecule has 4 rings (SSSR count). The van der Waals surface area contributed by atoms with Crippen molar-refractivity contribution >= 4 is 46.3 Å². The minimum Gasteiger partial charge on any atom is -0.467 e. The lowest BCUT2D eigenvalue weighted by molar-refractivity contribution is -0.140. The van der Waals surface area contributed by atoms with E-state index in [1.54, 1.807) is 0 Å². The highest BCUT2D eigenvalue weighted by Gasteiger charge is 2.42. The maximum Gasteiger partial charge on any atom is 0.418 e. The Balaban J connectivity index is 1.72. The Morgan fingerprint density at radius 3 is 2.60 bits per heavy atom. The molecule has 0 saturated heterocycles. The zero-order valence-corrected chi connectivity index (χ0v) is 25.2. The second-order valence-corrected chi connectivity index (χ2v) is 10.6. The maximum atomic E-state index is 15.1. The van der Waals surface area contributed by atoms with Crippen molar-refractivity contribution in [2.45, 2.75) is 45.6 Å². The molecule has 1 aromatic heterocycles. The number of ether oxygens (including phenoxy) is 2. The molecule has 0 fully saturated rings. The van der Waals surface area contributed by atoms with E-state index in [4.69, 9.17) is 44.1 Å². The van der Waals surface area contributed by atoms with Crippen LogP contribution in [0.4, 0.5) is 29.1 Å². The summed E-state index contributed by atoms with van der Waals surface area (Å²) < 4.78 is 68.2. The lowest BCUT2D eigenvalue weighted by Gasteiger charge is -2.32. The van der Waals surface area contributed by atoms with Crippen LogP contribution in [-0.4, -0.2) is 66.3 Å². The molecule has 16 heteroatoms. The summed E-state index contributed by atoms with van der Waals surface area (Å²) in [6, 6.07) is 0.668. The molecular weight excluding hydrogens is 617 g/mol. The number of methoxy groups -OCH3 is 1. The summed E-state index contributed by atoms with van der Waals surface area (Å²) in [5, 5.41) is -0.722. The number of fused-ring (bicyclic) bond motifs is 1. The minimum absolute atomic E-state index is 0.0173. The number of amides is 1. The van der Waals surface area contributed by atoms with Gasteiger partial charge in [0.25, 0.3) is 5.91 Å². The van der Waals surface area contributed by atoms with Crippen molar-refractivity contribution in [3.05, 3.63) is 50.0 Å². The van der Waals surface area contributed by atoms with Gasteiger partial charge in [-0.05, 0) is 26.3 Å². The average molecular weight is 648 g/mol. The number of hydrogen-bond acceptors (Lipinski definition) is 9. The number of hydrogen-bond donors (Lipinski definition) is 2. The molecule has 2 aromatic rings. The van der Waals surface area contributed by atoms with Crippen LogP contribution in [-0.2, 0) is 28.7 Å². The normalized spacial score (nSPS) is 17.9. The third-order valence-electron chi connectivity index (χ3n) is 7.23. The number of carbonyl (C=O) groups is 1. The first-order valence-electron chi connectivity index (χ1n) is 13.4. The van der Waals surface area contributed by atoms with Gasteiger partial charge in [-0.15, -0.1) is 0 Å². The van der Waals surface area contributed by atoms with Crippen LogP contribution in [0.5, 0.6) is 6.01 Å². The fourth-order valence-corrected chi connectivity index (χ4v) is 5.59. The Morgan fingerprint density at radius 1 is 1.28 bits per heavy atom. The van der Waals surface area contributed by atoms with Gasteiger partial charge < -0.3 is 30.7 Å². The topological polar surface area (TPSA) is 132 Å². The van der Waals surface area contributed by atoms with Gasteiger partial charge >= 0.3 is 12.2 Å². The van der Waals surface area contributed by atoms with E-state index >= 15 is 4.39 Å². The second-order valence-electron chi connectivity index (χ2n) is 9.82. The Hall–Kier alpha value is -3.36. The number of halogens is 6. The first kappa shape index (κ1) is 32.6. The molecule has 234 valence electrons. The van der Waals surface area contributed by atoms with Crippen molar-refractivity contribution < 1.29 is 31.8 Å². The molecule has 1 unspecified atom stereocenters. The van der Waals surface area contributed by atoms with Crippen LogP contribution in [0, 0.1) is 5.82 Å². The van der Waals surface area contributed by atoms with Crippen molar-refractivity contribution in [3.8, 4) is 6.01 Å². The SMILES string of the molecule is CCN(CC)C(=O)/C(N)=C(\Cl)C1=NCCCN(c2nc(OC)nc3c2COC(c2c(F)c(N)cc(Cl)c2C(F)(F)F)C3)C1. The van der Waals surface area contributed by atoms with Gasteiger partial charge in [0.15, 0.2) is 5.82 Å². The quantitative estimate of drug-likeness (QED) is 0.253. The van der Waals surface area contributed by atoms with Crippen molar-refractivity contribution in [3.63, 3.8) is 0 Å². The molecule has 3 heterocycles. The first-order valence-corrected chi connectivity index (χ1v) is 14.2. The molecule has 4 N–H and O–H groups in total. The van der Waals surface area contributed by atoms with E-state index in [9.17, 15) is 18.0 Å². The fraction of sp³-hybridized carbons (Fsp3) is 0.481. The molecule has 43 heavy (non-hydrogen) atoms. The Kier molecular flexibility index (Phi) is 9.92. The van der Waals surface area contributed by atoms with Gasteiger partial charge in [-0.1, -0.05) is 23.2 Å². The third-order valence-corrected chi connectivity index (χ3v) is 7.95. The summed E-state index contributed by atoms with van der Waals surface area (Å²) in [4.78, 5) is 29.6. The summed E-state index contributed by atoms with van der Waals surface area (Å²) in [6.07, 6.45) is -6.03. The van der Waals surface area contributed by atoms with Crippen LogP contribution in [0.1, 0.15) is 48.8 Å². The molecule has 0 saturated carbocycles. The number of carbonyl (C=O) groups excluding carboxylic acids is 1.